The highest BCUT2D eigenvalue weighted by molar-refractivity contribution is 5.90. The minimum Gasteiger partial charge on any atom is -0.465 e. The molecule has 0 fully saturated rings. The third kappa shape index (κ3) is 4.54. The van der Waals surface area contributed by atoms with Gasteiger partial charge in [0.25, 0.3) is 0 Å². The molecule has 1 heterocycles. The van der Waals surface area contributed by atoms with Gasteiger partial charge in [-0.25, -0.2) is 19.2 Å². The van der Waals surface area contributed by atoms with Gasteiger partial charge in [-0.2, -0.15) is 0 Å². The van der Waals surface area contributed by atoms with E-state index in [4.69, 9.17) is 4.74 Å². The largest absolute Gasteiger partial charge is 0.465 e. The average molecular weight is 352 g/mol. The van der Waals surface area contributed by atoms with Crippen LogP contribution in [-0.2, 0) is 11.3 Å². The summed E-state index contributed by atoms with van der Waals surface area (Å²) < 4.78 is 17.6. The van der Waals surface area contributed by atoms with Crippen molar-refractivity contribution in [2.75, 3.05) is 17.7 Å². The van der Waals surface area contributed by atoms with E-state index in [2.05, 4.69) is 20.6 Å². The highest BCUT2D eigenvalue weighted by Crippen LogP contribution is 2.18. The molecule has 0 unspecified atom stereocenters. The zero-order chi connectivity index (χ0) is 18.4. The number of halogens is 1. The minimum atomic E-state index is -0.405. The molecule has 2 N–H and O–H groups in total. The summed E-state index contributed by atoms with van der Waals surface area (Å²) in [5.74, 6) is 0.522. The van der Waals surface area contributed by atoms with Gasteiger partial charge in [0.2, 0.25) is 0 Å². The number of rotatable bonds is 6. The van der Waals surface area contributed by atoms with E-state index in [-0.39, 0.29) is 5.82 Å². The van der Waals surface area contributed by atoms with E-state index in [9.17, 15) is 9.18 Å². The Kier molecular flexibility index (Phi) is 5.38. The van der Waals surface area contributed by atoms with Gasteiger partial charge in [0.1, 0.15) is 23.8 Å². The Labute approximate surface area is 150 Å². The van der Waals surface area contributed by atoms with Gasteiger partial charge < -0.3 is 15.4 Å². The predicted octanol–water partition coefficient (Wildman–Crippen LogP) is 3.76. The summed E-state index contributed by atoms with van der Waals surface area (Å²) in [5.41, 5.74) is 2.09. The van der Waals surface area contributed by atoms with E-state index >= 15 is 0 Å². The molecular weight excluding hydrogens is 335 g/mol. The van der Waals surface area contributed by atoms with Crippen molar-refractivity contribution in [2.24, 2.45) is 0 Å². The van der Waals surface area contributed by atoms with Crippen LogP contribution in [0.4, 0.5) is 21.7 Å². The van der Waals surface area contributed by atoms with Crippen molar-refractivity contribution in [2.45, 2.75) is 6.54 Å². The van der Waals surface area contributed by atoms with Crippen LogP contribution in [0.1, 0.15) is 15.9 Å². The Balaban J connectivity index is 1.67. The summed E-state index contributed by atoms with van der Waals surface area (Å²) in [6.45, 7) is 0.508. The molecule has 0 aliphatic heterocycles. The molecule has 132 valence electrons. The Morgan fingerprint density at radius 3 is 2.62 bits per heavy atom. The Morgan fingerprint density at radius 2 is 1.85 bits per heavy atom. The van der Waals surface area contributed by atoms with Crippen LogP contribution in [0.2, 0.25) is 0 Å². The van der Waals surface area contributed by atoms with E-state index in [1.807, 2.05) is 6.07 Å². The number of carbonyl (C=O) groups excluding carboxylic acids is 1. The van der Waals surface area contributed by atoms with E-state index < -0.39 is 5.97 Å². The molecule has 0 radical (unpaired) electrons. The lowest BCUT2D eigenvalue weighted by atomic mass is 10.2. The van der Waals surface area contributed by atoms with Crippen LogP contribution >= 0.6 is 0 Å². The number of nitrogens with zero attached hydrogens (tertiary/aromatic N) is 2. The lowest BCUT2D eigenvalue weighted by Crippen LogP contribution is -2.04. The number of methoxy groups -OCH3 is 1. The monoisotopic (exact) mass is 352 g/mol. The molecule has 3 rings (SSSR count). The van der Waals surface area contributed by atoms with Crippen molar-refractivity contribution in [1.29, 1.82) is 0 Å². The molecule has 0 saturated carbocycles. The van der Waals surface area contributed by atoms with Gasteiger partial charge in [-0.15, -0.1) is 0 Å². The maximum Gasteiger partial charge on any atom is 0.337 e. The molecule has 0 aliphatic rings. The minimum absolute atomic E-state index is 0.267. The number of hydrogen-bond acceptors (Lipinski definition) is 6. The molecule has 1 aromatic heterocycles. The molecule has 0 aliphatic carbocycles. The van der Waals surface area contributed by atoms with Crippen molar-refractivity contribution in [3.63, 3.8) is 0 Å². The van der Waals surface area contributed by atoms with Gasteiger partial charge in [-0.3, -0.25) is 0 Å². The fraction of sp³-hybridized carbons (Fsp3) is 0.105. The summed E-state index contributed by atoms with van der Waals surface area (Å²) in [6, 6.07) is 14.9. The lowest BCUT2D eigenvalue weighted by Gasteiger charge is -2.09. The first-order valence-electron chi connectivity index (χ1n) is 7.90. The van der Waals surface area contributed by atoms with Gasteiger partial charge in [-0.1, -0.05) is 18.2 Å². The Morgan fingerprint density at radius 1 is 1.08 bits per heavy atom. The summed E-state index contributed by atoms with van der Waals surface area (Å²) >= 11 is 0. The number of aromatic nitrogens is 2. The third-order valence-corrected chi connectivity index (χ3v) is 3.61. The smallest absolute Gasteiger partial charge is 0.337 e. The van der Waals surface area contributed by atoms with Crippen LogP contribution in [0, 0.1) is 5.82 Å². The van der Waals surface area contributed by atoms with Gasteiger partial charge in [0, 0.05) is 18.3 Å². The first-order chi connectivity index (χ1) is 12.6. The first-order valence-corrected chi connectivity index (χ1v) is 7.90. The van der Waals surface area contributed by atoms with Crippen molar-refractivity contribution in [3.8, 4) is 0 Å². The van der Waals surface area contributed by atoms with Crippen LogP contribution < -0.4 is 10.6 Å². The normalized spacial score (nSPS) is 10.2. The number of hydrogen-bond donors (Lipinski definition) is 2. The maximum atomic E-state index is 12.9. The number of benzene rings is 2. The summed E-state index contributed by atoms with van der Waals surface area (Å²) in [5, 5.41) is 6.28. The molecule has 0 spiro atoms. The zero-order valence-corrected chi connectivity index (χ0v) is 14.1. The topological polar surface area (TPSA) is 76.1 Å². The molecule has 0 bridgehead atoms. The van der Waals surface area contributed by atoms with Crippen molar-refractivity contribution in [1.82, 2.24) is 9.97 Å². The molecule has 3 aromatic rings. The lowest BCUT2D eigenvalue weighted by molar-refractivity contribution is 0.0601. The molecule has 0 atom stereocenters. The molecule has 2 aromatic carbocycles. The van der Waals surface area contributed by atoms with Crippen LogP contribution in [0.15, 0.2) is 60.9 Å². The highest BCUT2D eigenvalue weighted by Gasteiger charge is 2.06. The second-order valence-corrected chi connectivity index (χ2v) is 5.47. The van der Waals surface area contributed by atoms with E-state index in [1.165, 1.54) is 25.6 Å². The van der Waals surface area contributed by atoms with Gasteiger partial charge in [0.05, 0.1) is 12.7 Å². The van der Waals surface area contributed by atoms with Crippen LogP contribution in [0.25, 0.3) is 0 Å². The second kappa shape index (κ2) is 8.06. The summed E-state index contributed by atoms with van der Waals surface area (Å²) in [4.78, 5) is 19.9. The third-order valence-electron chi connectivity index (χ3n) is 3.61. The molecule has 0 saturated heterocycles. The van der Waals surface area contributed by atoms with Gasteiger partial charge in [-0.05, 0) is 35.9 Å². The van der Waals surface area contributed by atoms with E-state index in [1.54, 1.807) is 36.4 Å². The molecule has 26 heavy (non-hydrogen) atoms. The highest BCUT2D eigenvalue weighted by atomic mass is 19.1. The van der Waals surface area contributed by atoms with E-state index in [0.717, 1.165) is 5.56 Å². The number of esters is 1. The molecular formula is C19H17FN4O2. The molecule has 7 heteroatoms. The van der Waals surface area contributed by atoms with Crippen LogP contribution in [-0.4, -0.2) is 23.0 Å². The number of carbonyl (C=O) groups is 1. The van der Waals surface area contributed by atoms with Gasteiger partial charge in [0.15, 0.2) is 0 Å². The van der Waals surface area contributed by atoms with Crippen LogP contribution in [0.3, 0.4) is 0 Å². The molecule has 0 amide bonds. The quantitative estimate of drug-likeness (QED) is 0.658. The molecule has 6 nitrogen and oxygen atoms in total. The average Bonchev–Trinajstić information content (AvgIpc) is 2.67. The summed E-state index contributed by atoms with van der Waals surface area (Å²) in [7, 11) is 1.34. The Bertz CT molecular complexity index is 900. The van der Waals surface area contributed by atoms with Gasteiger partial charge >= 0.3 is 5.97 Å². The predicted molar refractivity (Wildman–Crippen MR) is 96.8 cm³/mol. The number of anilines is 3. The Hall–Kier alpha value is -3.48. The number of nitrogens with one attached hydrogen (secondary N) is 2. The summed E-state index contributed by atoms with van der Waals surface area (Å²) in [6.07, 6.45) is 1.43. The number of ether oxygens (including phenoxy) is 1. The van der Waals surface area contributed by atoms with E-state index in [0.29, 0.717) is 29.4 Å². The van der Waals surface area contributed by atoms with Crippen molar-refractivity contribution in [3.05, 3.63) is 77.9 Å². The maximum absolute atomic E-state index is 12.9. The fourth-order valence-electron chi connectivity index (χ4n) is 2.31. The SMILES string of the molecule is COC(=O)c1cccc(Nc2cc(NCc3ccc(F)cc3)ncn2)c1. The zero-order valence-electron chi connectivity index (χ0n) is 14.1. The van der Waals surface area contributed by atoms with Crippen LogP contribution in [0.5, 0.6) is 0 Å². The first kappa shape index (κ1) is 17.3. The second-order valence-electron chi connectivity index (χ2n) is 5.47. The fourth-order valence-corrected chi connectivity index (χ4v) is 2.31. The standard InChI is InChI=1S/C19H17FN4O2/c1-26-19(25)14-3-2-4-16(9-14)24-18-10-17(22-12-23-18)21-11-13-5-7-15(20)8-6-13/h2-10,12H,11H2,1H3,(H2,21,22,23,24). The van der Waals surface area contributed by atoms with Crippen molar-refractivity contribution >= 4 is 23.3 Å². The van der Waals surface area contributed by atoms with Crippen molar-refractivity contribution < 1.29 is 13.9 Å².